The van der Waals surface area contributed by atoms with Crippen LogP contribution in [0.1, 0.15) is 52.4 Å². The number of likely N-dealkylation sites (tertiary alicyclic amines) is 1. The fourth-order valence-corrected chi connectivity index (χ4v) is 3.31. The quantitative estimate of drug-likeness (QED) is 0.751. The van der Waals surface area contributed by atoms with Crippen molar-refractivity contribution < 1.29 is 4.79 Å². The molecule has 2 rings (SSSR count). The Kier molecular flexibility index (Phi) is 4.61. The summed E-state index contributed by atoms with van der Waals surface area (Å²) in [6.45, 7) is 8.07. The number of hydrogen-bond acceptors (Lipinski definition) is 2. The van der Waals surface area contributed by atoms with Crippen LogP contribution in [0.3, 0.4) is 0 Å². The molecule has 0 N–H and O–H groups in total. The third kappa shape index (κ3) is 3.54. The fraction of sp³-hybridized carbons (Fsp3) is 0.933. The number of hydrogen-bond donors (Lipinski definition) is 0. The minimum atomic E-state index is 0.349. The molecule has 0 aromatic rings. The molecule has 2 aliphatic rings. The molecule has 0 aromatic carbocycles. The summed E-state index contributed by atoms with van der Waals surface area (Å²) in [6.07, 6.45) is 7.02. The lowest BCUT2D eigenvalue weighted by atomic mass is 9.79. The Bertz CT molecular complexity index is 256. The van der Waals surface area contributed by atoms with Crippen LogP contribution >= 0.6 is 0 Å². The second-order valence-corrected chi connectivity index (χ2v) is 6.20. The second-order valence-electron chi connectivity index (χ2n) is 6.20. The van der Waals surface area contributed by atoms with E-state index in [9.17, 15) is 4.79 Å². The maximum absolute atomic E-state index is 12.0. The first kappa shape index (κ1) is 13.1. The van der Waals surface area contributed by atoms with Gasteiger partial charge in [0, 0.05) is 18.9 Å². The van der Waals surface area contributed by atoms with Gasteiger partial charge in [-0.1, -0.05) is 20.3 Å². The van der Waals surface area contributed by atoms with E-state index in [1.54, 1.807) is 0 Å². The summed E-state index contributed by atoms with van der Waals surface area (Å²) in [5, 5.41) is 0. The molecule has 0 amide bonds. The van der Waals surface area contributed by atoms with Crippen LogP contribution in [0.4, 0.5) is 0 Å². The lowest BCUT2D eigenvalue weighted by molar-refractivity contribution is -0.126. The third-order valence-electron chi connectivity index (χ3n) is 4.80. The molecule has 17 heavy (non-hydrogen) atoms. The molecule has 1 heterocycles. The zero-order valence-electron chi connectivity index (χ0n) is 11.5. The average Bonchev–Trinajstić information content (AvgIpc) is 2.35. The number of carbonyl (C=O) groups excluding carboxylic acids is 1. The van der Waals surface area contributed by atoms with E-state index in [1.807, 2.05) is 0 Å². The smallest absolute Gasteiger partial charge is 0.137 e. The summed E-state index contributed by atoms with van der Waals surface area (Å²) in [5.41, 5.74) is 0. The predicted molar refractivity (Wildman–Crippen MR) is 71.0 cm³/mol. The van der Waals surface area contributed by atoms with Gasteiger partial charge in [0.1, 0.15) is 5.78 Å². The van der Waals surface area contributed by atoms with Gasteiger partial charge in [0.15, 0.2) is 0 Å². The number of piperidine rings is 1. The summed E-state index contributed by atoms with van der Waals surface area (Å²) in [4.78, 5) is 14.5. The SMILES string of the molecule is CCC1CCC(=O)C(CN2CCC(C)CC2)C1. The molecule has 1 saturated carbocycles. The van der Waals surface area contributed by atoms with Gasteiger partial charge in [0.25, 0.3) is 0 Å². The summed E-state index contributed by atoms with van der Waals surface area (Å²) < 4.78 is 0. The topological polar surface area (TPSA) is 20.3 Å². The Morgan fingerprint density at radius 2 is 1.94 bits per heavy atom. The van der Waals surface area contributed by atoms with E-state index in [2.05, 4.69) is 18.7 Å². The molecule has 1 aliphatic carbocycles. The molecule has 2 fully saturated rings. The minimum Gasteiger partial charge on any atom is -0.303 e. The van der Waals surface area contributed by atoms with Gasteiger partial charge in [-0.2, -0.15) is 0 Å². The van der Waals surface area contributed by atoms with E-state index in [0.29, 0.717) is 11.7 Å². The molecule has 98 valence electrons. The van der Waals surface area contributed by atoms with Crippen LogP contribution in [-0.2, 0) is 4.79 Å². The molecule has 2 atom stereocenters. The van der Waals surface area contributed by atoms with Crippen molar-refractivity contribution in [2.24, 2.45) is 17.8 Å². The Hall–Kier alpha value is -0.370. The van der Waals surface area contributed by atoms with Gasteiger partial charge in [0.05, 0.1) is 0 Å². The molecular weight excluding hydrogens is 210 g/mol. The van der Waals surface area contributed by atoms with Crippen LogP contribution in [0.15, 0.2) is 0 Å². The van der Waals surface area contributed by atoms with Gasteiger partial charge in [-0.3, -0.25) is 4.79 Å². The zero-order chi connectivity index (χ0) is 12.3. The van der Waals surface area contributed by atoms with Gasteiger partial charge < -0.3 is 4.90 Å². The van der Waals surface area contributed by atoms with Gasteiger partial charge >= 0.3 is 0 Å². The molecule has 2 nitrogen and oxygen atoms in total. The first-order chi connectivity index (χ1) is 8.19. The van der Waals surface area contributed by atoms with Crippen LogP contribution < -0.4 is 0 Å². The molecule has 2 heteroatoms. The van der Waals surface area contributed by atoms with Gasteiger partial charge in [-0.15, -0.1) is 0 Å². The van der Waals surface area contributed by atoms with Crippen molar-refractivity contribution in [2.45, 2.75) is 52.4 Å². The lowest BCUT2D eigenvalue weighted by Crippen LogP contribution is -2.40. The van der Waals surface area contributed by atoms with Crippen molar-refractivity contribution in [3.63, 3.8) is 0 Å². The van der Waals surface area contributed by atoms with Crippen molar-refractivity contribution >= 4 is 5.78 Å². The van der Waals surface area contributed by atoms with Crippen molar-refractivity contribution in [2.75, 3.05) is 19.6 Å². The molecule has 0 aromatic heterocycles. The molecule has 2 unspecified atom stereocenters. The summed E-state index contributed by atoms with van der Waals surface area (Å²) >= 11 is 0. The van der Waals surface area contributed by atoms with Crippen molar-refractivity contribution in [1.82, 2.24) is 4.90 Å². The third-order valence-corrected chi connectivity index (χ3v) is 4.80. The van der Waals surface area contributed by atoms with Crippen molar-refractivity contribution in [3.05, 3.63) is 0 Å². The van der Waals surface area contributed by atoms with Crippen molar-refractivity contribution in [1.29, 1.82) is 0 Å². The van der Waals surface area contributed by atoms with Crippen LogP contribution in [0.5, 0.6) is 0 Å². The summed E-state index contributed by atoms with van der Waals surface area (Å²) in [6, 6.07) is 0. The fourth-order valence-electron chi connectivity index (χ4n) is 3.31. The number of nitrogens with zero attached hydrogens (tertiary/aromatic N) is 1. The van der Waals surface area contributed by atoms with E-state index in [0.717, 1.165) is 37.6 Å². The monoisotopic (exact) mass is 237 g/mol. The predicted octanol–water partition coefficient (Wildman–Crippen LogP) is 3.11. The lowest BCUT2D eigenvalue weighted by Gasteiger charge is -2.35. The van der Waals surface area contributed by atoms with Crippen LogP contribution in [0.2, 0.25) is 0 Å². The van der Waals surface area contributed by atoms with Crippen LogP contribution in [0, 0.1) is 17.8 Å². The largest absolute Gasteiger partial charge is 0.303 e. The first-order valence-electron chi connectivity index (χ1n) is 7.44. The molecule has 0 bridgehead atoms. The standard InChI is InChI=1S/C15H27NO/c1-3-13-4-5-15(17)14(10-13)11-16-8-6-12(2)7-9-16/h12-14H,3-11H2,1-2H3. The summed E-state index contributed by atoms with van der Waals surface area (Å²) in [5.74, 6) is 2.58. The highest BCUT2D eigenvalue weighted by Crippen LogP contribution is 2.30. The maximum atomic E-state index is 12.0. The summed E-state index contributed by atoms with van der Waals surface area (Å²) in [7, 11) is 0. The van der Waals surface area contributed by atoms with E-state index in [4.69, 9.17) is 0 Å². The Morgan fingerprint density at radius 1 is 1.24 bits per heavy atom. The number of rotatable bonds is 3. The number of Topliss-reactive ketones (excluding diaryl/α,β-unsaturated/α-hetero) is 1. The highest BCUT2D eigenvalue weighted by molar-refractivity contribution is 5.81. The minimum absolute atomic E-state index is 0.349. The number of carbonyl (C=O) groups is 1. The van der Waals surface area contributed by atoms with Crippen molar-refractivity contribution in [3.8, 4) is 0 Å². The van der Waals surface area contributed by atoms with Gasteiger partial charge in [0.2, 0.25) is 0 Å². The maximum Gasteiger partial charge on any atom is 0.137 e. The molecule has 0 radical (unpaired) electrons. The first-order valence-corrected chi connectivity index (χ1v) is 7.44. The van der Waals surface area contributed by atoms with E-state index in [1.165, 1.54) is 32.4 Å². The Balaban J connectivity index is 1.82. The van der Waals surface area contributed by atoms with Crippen LogP contribution in [0.25, 0.3) is 0 Å². The normalized spacial score (nSPS) is 32.9. The molecular formula is C15H27NO. The van der Waals surface area contributed by atoms with Crippen LogP contribution in [-0.4, -0.2) is 30.3 Å². The molecule has 1 aliphatic heterocycles. The number of ketones is 1. The van der Waals surface area contributed by atoms with E-state index >= 15 is 0 Å². The Labute approximate surface area is 106 Å². The second kappa shape index (κ2) is 5.99. The van der Waals surface area contributed by atoms with E-state index in [-0.39, 0.29) is 0 Å². The van der Waals surface area contributed by atoms with Gasteiger partial charge in [-0.05, 0) is 50.6 Å². The average molecular weight is 237 g/mol. The molecule has 1 saturated heterocycles. The van der Waals surface area contributed by atoms with Gasteiger partial charge in [-0.25, -0.2) is 0 Å². The zero-order valence-corrected chi connectivity index (χ0v) is 11.5. The molecule has 0 spiro atoms. The Morgan fingerprint density at radius 3 is 2.59 bits per heavy atom. The highest BCUT2D eigenvalue weighted by atomic mass is 16.1. The highest BCUT2D eigenvalue weighted by Gasteiger charge is 2.29. The van der Waals surface area contributed by atoms with E-state index < -0.39 is 0 Å².